The number of fused-ring (bicyclic) bond motifs is 3. The second-order valence-corrected chi connectivity index (χ2v) is 13.7. The summed E-state index contributed by atoms with van der Waals surface area (Å²) in [5, 5.41) is 1.95. The van der Waals surface area contributed by atoms with Crippen LogP contribution < -0.4 is 0 Å². The summed E-state index contributed by atoms with van der Waals surface area (Å²) in [5.74, 6) is 3.90. The van der Waals surface area contributed by atoms with E-state index in [2.05, 4.69) is 45.6 Å². The Morgan fingerprint density at radius 2 is 1.58 bits per heavy atom. The van der Waals surface area contributed by atoms with Crippen LogP contribution in [0.3, 0.4) is 0 Å². The van der Waals surface area contributed by atoms with Crippen molar-refractivity contribution in [1.29, 1.82) is 0 Å². The van der Waals surface area contributed by atoms with Crippen LogP contribution in [0.15, 0.2) is 0 Å². The van der Waals surface area contributed by atoms with E-state index in [9.17, 15) is 0 Å². The van der Waals surface area contributed by atoms with Gasteiger partial charge in [-0.15, -0.1) is 0 Å². The molecule has 2 saturated carbocycles. The summed E-state index contributed by atoms with van der Waals surface area (Å²) in [4.78, 5) is 5.13. The smallest absolute Gasteiger partial charge is 0.665 e. The molecule has 0 bridgehead atoms. The molecule has 2 aliphatic carbocycles. The van der Waals surface area contributed by atoms with Gasteiger partial charge in [0.05, 0.1) is 0 Å². The number of nitrogens with zero attached hydrogens (tertiary/aromatic N) is 1. The predicted octanol–water partition coefficient (Wildman–Crippen LogP) is 6.88. The summed E-state index contributed by atoms with van der Waals surface area (Å²) < 4.78 is 0. The zero-order chi connectivity index (χ0) is 14.5. The Labute approximate surface area is 174 Å². The molecule has 3 rings (SSSR count). The standard InChI is InChI=1S/C17H32NSSi.3CH3.Ti/c1-6-18-20(4,5)17-12(3)11(2)15-13-9-7-8-10-14(13)19-16(15)17;;;;/h11-17H,6-10H2,1-5H3;3*1H3;/q4*-1;+4. The van der Waals surface area contributed by atoms with E-state index in [1.54, 1.807) is 0 Å². The van der Waals surface area contributed by atoms with E-state index in [0.29, 0.717) is 0 Å². The predicted molar refractivity (Wildman–Crippen MR) is 113 cm³/mol. The monoisotopic (exact) mass is 403 g/mol. The van der Waals surface area contributed by atoms with Crippen molar-refractivity contribution in [3.63, 3.8) is 0 Å². The van der Waals surface area contributed by atoms with Crippen molar-refractivity contribution in [2.75, 3.05) is 6.54 Å². The molecule has 0 aromatic rings. The summed E-state index contributed by atoms with van der Waals surface area (Å²) in [6, 6.07) is 0. The maximum Gasteiger partial charge on any atom is 4.00 e. The van der Waals surface area contributed by atoms with Crippen molar-refractivity contribution in [3.05, 3.63) is 27.3 Å². The molecule has 3 fully saturated rings. The van der Waals surface area contributed by atoms with Gasteiger partial charge in [0, 0.05) is 10.5 Å². The Kier molecular flexibility index (Phi) is 12.1. The van der Waals surface area contributed by atoms with Crippen molar-refractivity contribution in [1.82, 2.24) is 0 Å². The first-order chi connectivity index (χ1) is 9.47. The Bertz CT molecular complexity index is 366. The fourth-order valence-corrected chi connectivity index (χ4v) is 13.0. The second-order valence-electron chi connectivity index (χ2n) is 8.04. The van der Waals surface area contributed by atoms with E-state index in [0.717, 1.165) is 46.3 Å². The topological polar surface area (TPSA) is 14.1 Å². The first kappa shape index (κ1) is 27.5. The first-order valence-electron chi connectivity index (χ1n) is 8.81. The van der Waals surface area contributed by atoms with Crippen LogP contribution in [-0.2, 0) is 21.7 Å². The maximum absolute atomic E-state index is 5.13. The molecule has 1 heterocycles. The van der Waals surface area contributed by atoms with Gasteiger partial charge >= 0.3 is 21.7 Å². The molecule has 0 amide bonds. The van der Waals surface area contributed by atoms with Crippen LogP contribution in [-0.4, -0.2) is 25.3 Å². The van der Waals surface area contributed by atoms with Crippen LogP contribution in [0.25, 0.3) is 4.98 Å². The summed E-state index contributed by atoms with van der Waals surface area (Å²) in [6.45, 7) is 13.5. The fourth-order valence-electron chi connectivity index (χ4n) is 5.82. The third kappa shape index (κ3) is 4.55. The molecule has 3 aliphatic rings. The van der Waals surface area contributed by atoms with Crippen LogP contribution >= 0.6 is 11.8 Å². The fraction of sp³-hybridized carbons (Fsp3) is 0.850. The minimum absolute atomic E-state index is 0. The summed E-state index contributed by atoms with van der Waals surface area (Å²) in [5.41, 5.74) is 0.929. The minimum atomic E-state index is -1.42. The normalized spacial score (nSPS) is 40.1. The van der Waals surface area contributed by atoms with E-state index in [1.165, 1.54) is 25.7 Å². The molecular weight excluding hydrogens is 362 g/mol. The van der Waals surface area contributed by atoms with Crippen LogP contribution in [0.2, 0.25) is 18.6 Å². The molecule has 7 unspecified atom stereocenters. The largest absolute Gasteiger partial charge is 4.00 e. The van der Waals surface area contributed by atoms with Gasteiger partial charge in [0.1, 0.15) is 0 Å². The molecule has 140 valence electrons. The molecule has 0 N–H and O–H groups in total. The van der Waals surface area contributed by atoms with Crippen molar-refractivity contribution < 1.29 is 21.7 Å². The number of hydrogen-bond acceptors (Lipinski definition) is 1. The van der Waals surface area contributed by atoms with E-state index in [4.69, 9.17) is 4.98 Å². The molecule has 1 aliphatic heterocycles. The number of thioether (sulfide) groups is 1. The van der Waals surface area contributed by atoms with Crippen molar-refractivity contribution in [2.24, 2.45) is 23.7 Å². The SMILES string of the molecule is CC[N-][Si](C)(C)C1C(C)C(C)C2C3CCCCC3SC21.[CH3-].[CH3-].[CH3-].[Ti+4]. The van der Waals surface area contributed by atoms with E-state index < -0.39 is 8.24 Å². The summed E-state index contributed by atoms with van der Waals surface area (Å²) in [6.07, 6.45) is 6.01. The third-order valence-corrected chi connectivity index (χ3v) is 12.4. The Morgan fingerprint density at radius 1 is 1.00 bits per heavy atom. The molecule has 24 heavy (non-hydrogen) atoms. The van der Waals surface area contributed by atoms with Gasteiger partial charge in [-0.2, -0.15) is 18.3 Å². The summed E-state index contributed by atoms with van der Waals surface area (Å²) in [7, 11) is -1.42. The zero-order valence-electron chi connectivity index (χ0n) is 17.4. The van der Waals surface area contributed by atoms with Crippen molar-refractivity contribution >= 4 is 20.0 Å². The molecule has 0 aromatic carbocycles. The average Bonchev–Trinajstić information content (AvgIpc) is 2.86. The third-order valence-electron chi connectivity index (χ3n) is 6.70. The van der Waals surface area contributed by atoms with Gasteiger partial charge in [-0.25, -0.2) is 0 Å². The number of rotatable bonds is 3. The Morgan fingerprint density at radius 3 is 2.17 bits per heavy atom. The Hall–Kier alpha value is 1.24. The van der Waals surface area contributed by atoms with E-state index in [-0.39, 0.29) is 44.0 Å². The first-order valence-corrected chi connectivity index (χ1v) is 12.8. The molecule has 1 nitrogen and oxygen atoms in total. The number of hydrogen-bond donors (Lipinski definition) is 0. The molecule has 1 saturated heterocycles. The van der Waals surface area contributed by atoms with Gasteiger partial charge in [0.15, 0.2) is 0 Å². The van der Waals surface area contributed by atoms with Crippen LogP contribution in [0.5, 0.6) is 0 Å². The Balaban J connectivity index is 0. The van der Waals surface area contributed by atoms with Crippen LogP contribution in [0.4, 0.5) is 0 Å². The minimum Gasteiger partial charge on any atom is -0.665 e. The molecule has 7 atom stereocenters. The molecule has 0 spiro atoms. The average molecular weight is 404 g/mol. The zero-order valence-corrected chi connectivity index (χ0v) is 20.8. The molecule has 0 radical (unpaired) electrons. The molecular formula is C20H41NSSiTi. The summed E-state index contributed by atoms with van der Waals surface area (Å²) >= 11 is 2.41. The second kappa shape index (κ2) is 10.5. The molecule has 0 aromatic heterocycles. The van der Waals surface area contributed by atoms with Gasteiger partial charge < -0.3 is 27.3 Å². The van der Waals surface area contributed by atoms with Gasteiger partial charge in [-0.3, -0.25) is 0 Å². The van der Waals surface area contributed by atoms with Crippen molar-refractivity contribution in [3.8, 4) is 0 Å². The van der Waals surface area contributed by atoms with Crippen molar-refractivity contribution in [2.45, 2.75) is 75.6 Å². The van der Waals surface area contributed by atoms with Crippen LogP contribution in [0.1, 0.15) is 46.5 Å². The van der Waals surface area contributed by atoms with E-state index in [1.807, 2.05) is 0 Å². The van der Waals surface area contributed by atoms with E-state index >= 15 is 0 Å². The molecule has 4 heteroatoms. The van der Waals surface area contributed by atoms with Gasteiger partial charge in [0.2, 0.25) is 0 Å². The van der Waals surface area contributed by atoms with Gasteiger partial charge in [-0.1, -0.05) is 54.9 Å². The van der Waals surface area contributed by atoms with Gasteiger partial charge in [0.25, 0.3) is 0 Å². The van der Waals surface area contributed by atoms with Gasteiger partial charge in [-0.05, 0) is 42.1 Å². The maximum atomic E-state index is 5.13. The quantitative estimate of drug-likeness (QED) is 0.370. The van der Waals surface area contributed by atoms with Crippen LogP contribution in [0, 0.1) is 46.0 Å².